The summed E-state index contributed by atoms with van der Waals surface area (Å²) in [6, 6.07) is 3.57. The third-order valence-corrected chi connectivity index (χ3v) is 2.76. The first kappa shape index (κ1) is 7.84. The summed E-state index contributed by atoms with van der Waals surface area (Å²) in [4.78, 5) is 16.2. The van der Waals surface area contributed by atoms with E-state index < -0.39 is 6.98 Å². The van der Waals surface area contributed by atoms with Gasteiger partial charge in [-0.25, -0.2) is 4.98 Å². The highest BCUT2D eigenvalue weighted by molar-refractivity contribution is 9.10. The van der Waals surface area contributed by atoms with Crippen LogP contribution in [0.4, 0.5) is 5.82 Å². The fourth-order valence-corrected chi connectivity index (χ4v) is 1.93. The molecule has 1 amide bonds. The molecule has 2 heterocycles. The fraction of sp³-hybridized carbons (Fsp3) is 0.273. The van der Waals surface area contributed by atoms with Crippen molar-refractivity contribution < 1.29 is 8.91 Å². The van der Waals surface area contributed by atoms with Gasteiger partial charge in [-0.3, -0.25) is 9.20 Å². The molecular weight excluding hydrogens is 270 g/mol. The third-order valence-electron chi connectivity index (χ3n) is 2.30. The molecule has 4 nitrogen and oxygen atoms in total. The molecule has 0 aliphatic heterocycles. The van der Waals surface area contributed by atoms with Gasteiger partial charge in [0, 0.05) is 21.8 Å². The number of fused-ring (bicyclic) bond motifs is 1. The average molecular weight is 285 g/mol. The summed E-state index contributed by atoms with van der Waals surface area (Å²) < 4.78 is 24.7. The number of imidazole rings is 1. The lowest BCUT2D eigenvalue weighted by molar-refractivity contribution is -0.107. The van der Waals surface area contributed by atoms with Gasteiger partial charge in [0.25, 0.3) is 0 Å². The van der Waals surface area contributed by atoms with Crippen molar-refractivity contribution in [3.63, 3.8) is 0 Å². The Bertz CT molecular complexity index is 623. The van der Waals surface area contributed by atoms with Gasteiger partial charge >= 0.3 is 0 Å². The molecule has 0 atom stereocenters. The van der Waals surface area contributed by atoms with E-state index in [-0.39, 0.29) is 5.82 Å². The Balaban J connectivity index is 2.75. The van der Waals surface area contributed by atoms with E-state index in [2.05, 4.69) is 20.9 Å². The molecule has 0 radical (unpaired) electrons. The van der Waals surface area contributed by atoms with E-state index in [9.17, 15) is 4.79 Å². The molecule has 0 saturated carbocycles. The first-order valence-corrected chi connectivity index (χ1v) is 5.59. The van der Waals surface area contributed by atoms with Crippen LogP contribution in [0.15, 0.2) is 22.8 Å². The van der Waals surface area contributed by atoms with Gasteiger partial charge in [-0.15, -0.1) is 0 Å². The standard InChI is InChI=1S/C11H12BrN3O/c1-3-9-11(14(2)7-16)15-6-8(12)4-5-10(15)13-9/h4-7H,3H2,1-2H3/i2D3. The van der Waals surface area contributed by atoms with Crippen molar-refractivity contribution in [2.24, 2.45) is 0 Å². The fourth-order valence-electron chi connectivity index (χ4n) is 1.60. The van der Waals surface area contributed by atoms with Crippen LogP contribution in [0.1, 0.15) is 16.7 Å². The van der Waals surface area contributed by atoms with E-state index in [0.29, 0.717) is 24.2 Å². The Hall–Kier alpha value is -1.36. The van der Waals surface area contributed by atoms with E-state index in [0.717, 1.165) is 9.37 Å². The van der Waals surface area contributed by atoms with E-state index in [4.69, 9.17) is 4.11 Å². The van der Waals surface area contributed by atoms with Crippen LogP contribution in [0, 0.1) is 0 Å². The van der Waals surface area contributed by atoms with Gasteiger partial charge in [0.05, 0.1) is 5.69 Å². The molecule has 0 aromatic carbocycles. The lowest BCUT2D eigenvalue weighted by Gasteiger charge is -2.11. The van der Waals surface area contributed by atoms with Gasteiger partial charge in [0.1, 0.15) is 11.5 Å². The minimum absolute atomic E-state index is 0.286. The highest BCUT2D eigenvalue weighted by Crippen LogP contribution is 2.23. The maximum absolute atomic E-state index is 11.2. The Morgan fingerprint density at radius 1 is 1.69 bits per heavy atom. The molecule has 16 heavy (non-hydrogen) atoms. The van der Waals surface area contributed by atoms with E-state index in [1.54, 1.807) is 16.7 Å². The second-order valence-corrected chi connectivity index (χ2v) is 4.20. The lowest BCUT2D eigenvalue weighted by atomic mass is 10.3. The molecule has 0 saturated heterocycles. The number of nitrogens with zero attached hydrogens (tertiary/aromatic N) is 3. The Kier molecular flexibility index (Phi) is 2.08. The second-order valence-electron chi connectivity index (χ2n) is 3.29. The van der Waals surface area contributed by atoms with Crippen LogP contribution >= 0.6 is 15.9 Å². The summed E-state index contributed by atoms with van der Waals surface area (Å²) in [5, 5.41) is 0. The molecule has 0 spiro atoms. The van der Waals surface area contributed by atoms with Crippen molar-refractivity contribution in [2.45, 2.75) is 13.3 Å². The number of rotatable bonds is 3. The number of halogens is 1. The molecule has 5 heteroatoms. The zero-order valence-electron chi connectivity index (χ0n) is 11.6. The Morgan fingerprint density at radius 3 is 3.12 bits per heavy atom. The van der Waals surface area contributed by atoms with Crippen molar-refractivity contribution in [3.05, 3.63) is 28.5 Å². The molecule has 0 aliphatic carbocycles. The molecule has 0 N–H and O–H groups in total. The van der Waals surface area contributed by atoms with Gasteiger partial charge in [0.2, 0.25) is 6.41 Å². The molecule has 2 rings (SSSR count). The third kappa shape index (κ3) is 1.71. The van der Waals surface area contributed by atoms with Crippen LogP contribution in [-0.4, -0.2) is 22.8 Å². The molecule has 0 bridgehead atoms. The summed E-state index contributed by atoms with van der Waals surface area (Å²) >= 11 is 3.32. The first-order chi connectivity index (χ1) is 8.88. The lowest BCUT2D eigenvalue weighted by Crippen LogP contribution is -2.17. The topological polar surface area (TPSA) is 37.6 Å². The van der Waals surface area contributed by atoms with Crippen LogP contribution < -0.4 is 4.90 Å². The highest BCUT2D eigenvalue weighted by atomic mass is 79.9. The normalized spacial score (nSPS) is 14.2. The maximum atomic E-state index is 11.2. The first-order valence-electron chi connectivity index (χ1n) is 6.29. The summed E-state index contributed by atoms with van der Waals surface area (Å²) in [6.07, 6.45) is 2.55. The molecule has 84 valence electrons. The molecule has 0 fully saturated rings. The van der Waals surface area contributed by atoms with E-state index in [1.165, 1.54) is 0 Å². The predicted octanol–water partition coefficient (Wildman–Crippen LogP) is 2.25. The van der Waals surface area contributed by atoms with Gasteiger partial charge in [-0.2, -0.15) is 0 Å². The van der Waals surface area contributed by atoms with Gasteiger partial charge in [0.15, 0.2) is 0 Å². The minimum Gasteiger partial charge on any atom is -0.302 e. The number of anilines is 1. The van der Waals surface area contributed by atoms with Gasteiger partial charge < -0.3 is 4.90 Å². The Morgan fingerprint density at radius 2 is 2.50 bits per heavy atom. The van der Waals surface area contributed by atoms with Crippen LogP contribution in [0.5, 0.6) is 0 Å². The molecule has 2 aromatic heterocycles. The molecule has 2 aromatic rings. The van der Waals surface area contributed by atoms with Crippen molar-refractivity contribution >= 4 is 33.8 Å². The van der Waals surface area contributed by atoms with Crippen molar-refractivity contribution in [1.29, 1.82) is 0 Å². The number of hydrogen-bond acceptors (Lipinski definition) is 2. The largest absolute Gasteiger partial charge is 0.302 e. The smallest absolute Gasteiger partial charge is 0.215 e. The number of carbonyl (C=O) groups is 1. The summed E-state index contributed by atoms with van der Waals surface area (Å²) in [6.45, 7) is -0.674. The number of aryl methyl sites for hydroxylation is 1. The monoisotopic (exact) mass is 284 g/mol. The molecule has 0 unspecified atom stereocenters. The van der Waals surface area contributed by atoms with Crippen molar-refractivity contribution in [2.75, 3.05) is 11.9 Å². The number of carbonyl (C=O) groups excluding carboxylic acids is 1. The Labute approximate surface area is 106 Å². The minimum atomic E-state index is -2.54. The van der Waals surface area contributed by atoms with E-state index in [1.807, 2.05) is 13.0 Å². The predicted molar refractivity (Wildman–Crippen MR) is 66.7 cm³/mol. The van der Waals surface area contributed by atoms with Crippen LogP contribution in [-0.2, 0) is 11.2 Å². The zero-order chi connectivity index (χ0) is 14.2. The SMILES string of the molecule is [2H]C([2H])([2H])N(C=O)c1c(CC)nc2ccc(Br)cn12. The summed E-state index contributed by atoms with van der Waals surface area (Å²) in [7, 11) is 0. The summed E-state index contributed by atoms with van der Waals surface area (Å²) in [5.74, 6) is 0.286. The quantitative estimate of drug-likeness (QED) is 0.811. The van der Waals surface area contributed by atoms with Crippen molar-refractivity contribution in [1.82, 2.24) is 9.38 Å². The zero-order valence-corrected chi connectivity index (χ0v) is 10.2. The van der Waals surface area contributed by atoms with Crippen LogP contribution in [0.25, 0.3) is 5.65 Å². The van der Waals surface area contributed by atoms with Gasteiger partial charge in [-0.1, -0.05) is 6.92 Å². The number of aromatic nitrogens is 2. The average Bonchev–Trinajstić information content (AvgIpc) is 2.67. The maximum Gasteiger partial charge on any atom is 0.215 e. The van der Waals surface area contributed by atoms with Gasteiger partial charge in [-0.05, 0) is 34.5 Å². The number of hydrogen-bond donors (Lipinski definition) is 0. The summed E-state index contributed by atoms with van der Waals surface area (Å²) in [5.41, 5.74) is 1.17. The number of pyridine rings is 1. The molecule has 0 aliphatic rings. The van der Waals surface area contributed by atoms with Crippen molar-refractivity contribution in [3.8, 4) is 0 Å². The second kappa shape index (κ2) is 4.25. The van der Waals surface area contributed by atoms with Crippen LogP contribution in [0.2, 0.25) is 0 Å². The molecular formula is C11H12BrN3O. The highest BCUT2D eigenvalue weighted by Gasteiger charge is 2.14. The number of amides is 1. The van der Waals surface area contributed by atoms with E-state index >= 15 is 0 Å². The van der Waals surface area contributed by atoms with Crippen LogP contribution in [0.3, 0.4) is 0 Å².